The minimum atomic E-state index is -0.498. The molecule has 0 spiro atoms. The summed E-state index contributed by atoms with van der Waals surface area (Å²) in [4.78, 5) is 20.4. The molecule has 1 aromatic heterocycles. The molecule has 0 aliphatic carbocycles. The zero-order valence-corrected chi connectivity index (χ0v) is 15.0. The molecule has 8 nitrogen and oxygen atoms in total. The average Bonchev–Trinajstić information content (AvgIpc) is 2.90. The molecule has 0 fully saturated rings. The molecular weight excluding hydrogens is 332 g/mol. The smallest absolute Gasteiger partial charge is 0.248 e. The van der Waals surface area contributed by atoms with E-state index in [1.54, 1.807) is 25.1 Å². The number of hydrogen-bond acceptors (Lipinski definition) is 4. The number of carbonyl (C=O) groups excluding carboxylic acids is 1. The first-order valence-corrected chi connectivity index (χ1v) is 8.40. The largest absolute Gasteiger partial charge is 0.491 e. The van der Waals surface area contributed by atoms with Crippen LogP contribution in [-0.4, -0.2) is 39.8 Å². The number of rotatable bonds is 3. The van der Waals surface area contributed by atoms with Gasteiger partial charge in [0.2, 0.25) is 5.91 Å². The predicted octanol–water partition coefficient (Wildman–Crippen LogP) is 1.78. The zero-order chi connectivity index (χ0) is 18.8. The maximum absolute atomic E-state index is 11.4. The molecule has 0 unspecified atom stereocenters. The molecule has 2 aromatic rings. The number of primary amides is 1. The van der Waals surface area contributed by atoms with Crippen molar-refractivity contribution in [2.75, 3.05) is 6.61 Å². The molecule has 1 aromatic carbocycles. The van der Waals surface area contributed by atoms with Gasteiger partial charge in [-0.2, -0.15) is 0 Å². The molecule has 1 aliphatic heterocycles. The molecule has 4 N–H and O–H groups in total. The lowest BCUT2D eigenvalue weighted by Crippen LogP contribution is -2.32. The molecule has 0 saturated heterocycles. The molecular formula is C18H22N6O2. The highest BCUT2D eigenvalue weighted by Gasteiger charge is 2.21. The van der Waals surface area contributed by atoms with Gasteiger partial charge in [-0.05, 0) is 39.0 Å². The first kappa shape index (κ1) is 17.7. The Labute approximate surface area is 151 Å². The van der Waals surface area contributed by atoms with Crippen LogP contribution < -0.4 is 15.8 Å². The first-order valence-electron chi connectivity index (χ1n) is 8.40. The van der Waals surface area contributed by atoms with Gasteiger partial charge in [0.1, 0.15) is 29.7 Å². The Balaban J connectivity index is 2.08. The highest BCUT2D eigenvalue weighted by molar-refractivity contribution is 6.04. The highest BCUT2D eigenvalue weighted by Crippen LogP contribution is 2.32. The second-order valence-electron chi connectivity index (χ2n) is 6.41. The number of fused-ring (bicyclic) bond motifs is 3. The van der Waals surface area contributed by atoms with E-state index in [4.69, 9.17) is 20.9 Å². The van der Waals surface area contributed by atoms with Gasteiger partial charge in [-0.25, -0.2) is 9.98 Å². The monoisotopic (exact) mass is 354 g/mol. The summed E-state index contributed by atoms with van der Waals surface area (Å²) in [7, 11) is 0. The third-order valence-electron chi connectivity index (χ3n) is 3.82. The average molecular weight is 354 g/mol. The van der Waals surface area contributed by atoms with Crippen LogP contribution in [-0.2, 0) is 6.54 Å². The van der Waals surface area contributed by atoms with Crippen molar-refractivity contribution >= 4 is 17.6 Å². The maximum Gasteiger partial charge on any atom is 0.248 e. The Morgan fingerprint density at radius 3 is 2.88 bits per heavy atom. The second kappa shape index (κ2) is 6.99. The number of aliphatic imine (C=N–C) groups is 1. The van der Waals surface area contributed by atoms with Gasteiger partial charge in [-0.15, -0.1) is 0 Å². The normalized spacial score (nSPS) is 13.5. The SMILES string of the molecule is CC(=N)/N=C(\NC(C)C)c1cn2c(n1)-c1ccc(C(N)=O)cc1OCC2. The lowest BCUT2D eigenvalue weighted by atomic mass is 10.1. The quantitative estimate of drug-likeness (QED) is 0.575. The molecule has 0 bridgehead atoms. The standard InChI is InChI=1S/C18H22N6O2/c1-10(2)21-17(22-11(3)19)14-9-24-6-7-26-15-8-12(16(20)25)4-5-13(15)18(24)23-14/h4-5,8-10H,6-7H2,1-3H3,(H2,20,25)(H2,19,21,22). The van der Waals surface area contributed by atoms with E-state index in [-0.39, 0.29) is 11.9 Å². The van der Waals surface area contributed by atoms with E-state index in [1.165, 1.54) is 0 Å². The highest BCUT2D eigenvalue weighted by atomic mass is 16.5. The van der Waals surface area contributed by atoms with Gasteiger partial charge in [-0.1, -0.05) is 0 Å². The molecule has 0 saturated carbocycles. The summed E-state index contributed by atoms with van der Waals surface area (Å²) in [6, 6.07) is 5.25. The van der Waals surface area contributed by atoms with Crippen LogP contribution in [0, 0.1) is 5.41 Å². The van der Waals surface area contributed by atoms with Gasteiger partial charge in [0.15, 0.2) is 5.84 Å². The summed E-state index contributed by atoms with van der Waals surface area (Å²) in [5.74, 6) is 1.57. The Bertz CT molecular complexity index is 897. The zero-order valence-electron chi connectivity index (χ0n) is 15.0. The van der Waals surface area contributed by atoms with Crippen LogP contribution in [0.15, 0.2) is 29.4 Å². The van der Waals surface area contributed by atoms with E-state index < -0.39 is 5.91 Å². The summed E-state index contributed by atoms with van der Waals surface area (Å²) in [6.45, 7) is 6.69. The van der Waals surface area contributed by atoms with Gasteiger partial charge in [-0.3, -0.25) is 10.2 Å². The summed E-state index contributed by atoms with van der Waals surface area (Å²) in [6.07, 6.45) is 1.90. The third-order valence-corrected chi connectivity index (χ3v) is 3.82. The Kier molecular flexibility index (Phi) is 4.75. The fraction of sp³-hybridized carbons (Fsp3) is 0.333. The lowest BCUT2D eigenvalue weighted by molar-refractivity contribution is 0.1000. The van der Waals surface area contributed by atoms with Crippen LogP contribution in [0.1, 0.15) is 36.8 Å². The van der Waals surface area contributed by atoms with Crippen molar-refractivity contribution in [3.8, 4) is 17.1 Å². The molecule has 3 rings (SSSR count). The van der Waals surface area contributed by atoms with Crippen molar-refractivity contribution < 1.29 is 9.53 Å². The fourth-order valence-electron chi connectivity index (χ4n) is 2.75. The van der Waals surface area contributed by atoms with Crippen LogP contribution in [0.5, 0.6) is 5.75 Å². The van der Waals surface area contributed by atoms with Crippen molar-refractivity contribution in [3.05, 3.63) is 35.7 Å². The van der Waals surface area contributed by atoms with Crippen LogP contribution in [0.25, 0.3) is 11.4 Å². The number of benzene rings is 1. The predicted molar refractivity (Wildman–Crippen MR) is 99.9 cm³/mol. The first-order chi connectivity index (χ1) is 12.3. The van der Waals surface area contributed by atoms with Crippen LogP contribution in [0.4, 0.5) is 0 Å². The van der Waals surface area contributed by atoms with E-state index in [9.17, 15) is 4.79 Å². The summed E-state index contributed by atoms with van der Waals surface area (Å²) < 4.78 is 7.75. The summed E-state index contributed by atoms with van der Waals surface area (Å²) >= 11 is 0. The summed E-state index contributed by atoms with van der Waals surface area (Å²) in [5, 5.41) is 10.9. The van der Waals surface area contributed by atoms with Gasteiger partial charge in [0.05, 0.1) is 12.1 Å². The third kappa shape index (κ3) is 3.58. The molecule has 1 aliphatic rings. The van der Waals surface area contributed by atoms with E-state index in [2.05, 4.69) is 10.3 Å². The number of nitrogens with two attached hydrogens (primary N) is 1. The minimum Gasteiger partial charge on any atom is -0.491 e. The fourth-order valence-corrected chi connectivity index (χ4v) is 2.75. The number of nitrogens with zero attached hydrogens (tertiary/aromatic N) is 3. The van der Waals surface area contributed by atoms with E-state index in [0.29, 0.717) is 36.0 Å². The van der Waals surface area contributed by atoms with E-state index in [0.717, 1.165) is 11.4 Å². The van der Waals surface area contributed by atoms with Crippen molar-refractivity contribution in [2.45, 2.75) is 33.4 Å². The van der Waals surface area contributed by atoms with Gasteiger partial charge < -0.3 is 20.4 Å². The molecule has 2 heterocycles. The maximum atomic E-state index is 11.4. The number of ether oxygens (including phenoxy) is 1. The Morgan fingerprint density at radius 1 is 1.46 bits per heavy atom. The number of aromatic nitrogens is 2. The van der Waals surface area contributed by atoms with E-state index >= 15 is 0 Å². The molecule has 26 heavy (non-hydrogen) atoms. The molecule has 0 radical (unpaired) electrons. The number of carbonyl (C=O) groups is 1. The van der Waals surface area contributed by atoms with Gasteiger partial charge in [0, 0.05) is 17.8 Å². The number of amides is 1. The number of imidazole rings is 1. The van der Waals surface area contributed by atoms with E-state index in [1.807, 2.05) is 24.6 Å². The molecule has 0 atom stereocenters. The number of amidine groups is 2. The lowest BCUT2D eigenvalue weighted by Gasteiger charge is -2.11. The molecule has 8 heteroatoms. The Hall–Kier alpha value is -3.16. The van der Waals surface area contributed by atoms with Crippen LogP contribution in [0.2, 0.25) is 0 Å². The minimum absolute atomic E-state index is 0.156. The Morgan fingerprint density at radius 2 is 2.23 bits per heavy atom. The number of nitrogens with one attached hydrogen (secondary N) is 2. The molecule has 1 amide bonds. The van der Waals surface area contributed by atoms with Crippen LogP contribution in [0.3, 0.4) is 0 Å². The van der Waals surface area contributed by atoms with Gasteiger partial charge in [0.25, 0.3) is 0 Å². The number of hydrogen-bond donors (Lipinski definition) is 3. The topological polar surface area (TPSA) is 118 Å². The van der Waals surface area contributed by atoms with Gasteiger partial charge >= 0.3 is 0 Å². The summed E-state index contributed by atoms with van der Waals surface area (Å²) in [5.41, 5.74) is 7.20. The van der Waals surface area contributed by atoms with Crippen LogP contribution >= 0.6 is 0 Å². The van der Waals surface area contributed by atoms with Crippen molar-refractivity contribution in [3.63, 3.8) is 0 Å². The second-order valence-corrected chi connectivity index (χ2v) is 6.41. The molecule has 136 valence electrons. The van der Waals surface area contributed by atoms with Crippen molar-refractivity contribution in [2.24, 2.45) is 10.7 Å². The van der Waals surface area contributed by atoms with Crippen molar-refractivity contribution in [1.82, 2.24) is 14.9 Å². The van der Waals surface area contributed by atoms with Crippen molar-refractivity contribution in [1.29, 1.82) is 5.41 Å².